The lowest BCUT2D eigenvalue weighted by Crippen LogP contribution is -2.19. The second-order valence-electron chi connectivity index (χ2n) is 6.36. The lowest BCUT2D eigenvalue weighted by molar-refractivity contribution is -0.115. The number of amides is 1. The number of nitrogens with zero attached hydrogens (tertiary/aromatic N) is 1. The van der Waals surface area contributed by atoms with Crippen LogP contribution in [0.25, 0.3) is 6.08 Å². The van der Waals surface area contributed by atoms with Crippen molar-refractivity contribution in [2.24, 2.45) is 4.99 Å². The second-order valence-corrected chi connectivity index (χ2v) is 8.25. The Balaban J connectivity index is 1.84. The molecule has 0 spiro atoms. The molecule has 0 aliphatic carbocycles. The minimum atomic E-state index is -0.176. The molecule has 1 aliphatic heterocycles. The maximum atomic E-state index is 12.4. The van der Waals surface area contributed by atoms with E-state index in [9.17, 15) is 4.79 Å². The normalized spacial score (nSPS) is 16.0. The van der Waals surface area contributed by atoms with Crippen molar-refractivity contribution in [2.75, 3.05) is 13.2 Å². The van der Waals surface area contributed by atoms with Gasteiger partial charge in [0.15, 0.2) is 16.7 Å². The van der Waals surface area contributed by atoms with Crippen LogP contribution < -0.4 is 14.8 Å². The number of hydrogen-bond donors (Lipinski definition) is 1. The molecule has 1 N–H and O–H groups in total. The number of thioether (sulfide) groups is 1. The average Bonchev–Trinajstić information content (AvgIpc) is 3.07. The van der Waals surface area contributed by atoms with Crippen molar-refractivity contribution < 1.29 is 14.3 Å². The van der Waals surface area contributed by atoms with Gasteiger partial charge in [-0.3, -0.25) is 4.79 Å². The van der Waals surface area contributed by atoms with Crippen LogP contribution in [0.15, 0.2) is 63.4 Å². The van der Waals surface area contributed by atoms with Gasteiger partial charge in [0, 0.05) is 0 Å². The van der Waals surface area contributed by atoms with Crippen LogP contribution in [0, 0.1) is 0 Å². The smallest absolute Gasteiger partial charge is 0.264 e. The highest BCUT2D eigenvalue weighted by molar-refractivity contribution is 9.10. The molecule has 0 saturated carbocycles. The van der Waals surface area contributed by atoms with E-state index in [4.69, 9.17) is 9.47 Å². The van der Waals surface area contributed by atoms with Gasteiger partial charge in [-0.05, 0) is 82.5 Å². The van der Waals surface area contributed by atoms with Crippen LogP contribution in [0.4, 0.5) is 5.69 Å². The fraction of sp³-hybridized carbons (Fsp3) is 0.217. The van der Waals surface area contributed by atoms with Gasteiger partial charge in [-0.1, -0.05) is 31.7 Å². The molecule has 7 heteroatoms. The minimum absolute atomic E-state index is 0.176. The summed E-state index contributed by atoms with van der Waals surface area (Å²) in [5, 5.41) is 3.38. The van der Waals surface area contributed by atoms with E-state index < -0.39 is 0 Å². The highest BCUT2D eigenvalue weighted by atomic mass is 79.9. The SMILES string of the molecule is C=CCOc1c(Br)cc(/C=C2\SC(=Nc3ccc(CC)cc3)NC2=O)cc1OCC. The molecular formula is C23H23BrN2O3S. The number of rotatable bonds is 8. The average molecular weight is 487 g/mol. The molecule has 156 valence electrons. The number of ether oxygens (including phenoxy) is 2. The fourth-order valence-corrected chi connectivity index (χ4v) is 4.19. The van der Waals surface area contributed by atoms with Crippen LogP contribution >= 0.6 is 27.7 Å². The molecule has 1 fully saturated rings. The van der Waals surface area contributed by atoms with Crippen LogP contribution in [0.3, 0.4) is 0 Å². The van der Waals surface area contributed by atoms with Crippen molar-refractivity contribution in [3.05, 3.63) is 69.6 Å². The third kappa shape index (κ3) is 5.55. The van der Waals surface area contributed by atoms with E-state index in [0.717, 1.165) is 22.1 Å². The number of nitrogens with one attached hydrogen (secondary N) is 1. The summed E-state index contributed by atoms with van der Waals surface area (Å²) in [7, 11) is 0. The van der Waals surface area contributed by atoms with E-state index in [2.05, 4.69) is 39.7 Å². The second kappa shape index (κ2) is 10.5. The lowest BCUT2D eigenvalue weighted by atomic mass is 10.2. The van der Waals surface area contributed by atoms with E-state index >= 15 is 0 Å². The van der Waals surface area contributed by atoms with Gasteiger partial charge >= 0.3 is 0 Å². The van der Waals surface area contributed by atoms with Crippen LogP contribution in [0.1, 0.15) is 25.0 Å². The minimum Gasteiger partial charge on any atom is -0.490 e. The maximum Gasteiger partial charge on any atom is 0.264 e. The molecule has 1 amide bonds. The van der Waals surface area contributed by atoms with Crippen LogP contribution in [0.5, 0.6) is 11.5 Å². The zero-order valence-corrected chi connectivity index (χ0v) is 19.3. The number of carbonyl (C=O) groups excluding carboxylic acids is 1. The fourth-order valence-electron chi connectivity index (χ4n) is 2.77. The molecule has 3 rings (SSSR count). The summed E-state index contributed by atoms with van der Waals surface area (Å²) in [4.78, 5) is 17.5. The third-order valence-electron chi connectivity index (χ3n) is 4.20. The van der Waals surface area contributed by atoms with Gasteiger partial charge in [0.25, 0.3) is 5.91 Å². The van der Waals surface area contributed by atoms with E-state index in [1.165, 1.54) is 17.3 Å². The summed E-state index contributed by atoms with van der Waals surface area (Å²) in [6, 6.07) is 11.7. The van der Waals surface area contributed by atoms with Gasteiger partial charge in [0.1, 0.15) is 6.61 Å². The van der Waals surface area contributed by atoms with Crippen molar-refractivity contribution in [3.8, 4) is 11.5 Å². The van der Waals surface area contributed by atoms with E-state index in [-0.39, 0.29) is 5.91 Å². The molecule has 5 nitrogen and oxygen atoms in total. The molecule has 1 aliphatic rings. The maximum absolute atomic E-state index is 12.4. The Kier molecular flexibility index (Phi) is 7.76. The zero-order chi connectivity index (χ0) is 21.5. The molecule has 0 radical (unpaired) electrons. The Hall–Kier alpha value is -2.51. The monoisotopic (exact) mass is 486 g/mol. The van der Waals surface area contributed by atoms with E-state index in [1.807, 2.05) is 49.4 Å². The number of hydrogen-bond acceptors (Lipinski definition) is 5. The van der Waals surface area contributed by atoms with Crippen molar-refractivity contribution in [3.63, 3.8) is 0 Å². The summed E-state index contributed by atoms with van der Waals surface area (Å²) < 4.78 is 12.2. The predicted molar refractivity (Wildman–Crippen MR) is 128 cm³/mol. The van der Waals surface area contributed by atoms with Gasteiger partial charge in [-0.2, -0.15) is 0 Å². The lowest BCUT2D eigenvalue weighted by Gasteiger charge is -2.13. The van der Waals surface area contributed by atoms with Gasteiger partial charge in [0.05, 0.1) is 21.7 Å². The number of halogens is 1. The third-order valence-corrected chi connectivity index (χ3v) is 5.70. The number of benzene rings is 2. The molecule has 30 heavy (non-hydrogen) atoms. The first-order valence-corrected chi connectivity index (χ1v) is 11.2. The summed E-state index contributed by atoms with van der Waals surface area (Å²) >= 11 is 4.84. The Bertz CT molecular complexity index is 1000. The number of amidine groups is 1. The standard InChI is InChI=1S/C23H23BrN2O3S/c1-4-11-29-21-18(24)12-16(13-19(21)28-6-3)14-20-22(27)26-23(30-20)25-17-9-7-15(5-2)8-10-17/h4,7-10,12-14H,1,5-6,11H2,2-3H3,(H,25,26,27)/b20-14-. The van der Waals surface area contributed by atoms with Gasteiger partial charge in [0.2, 0.25) is 0 Å². The number of aliphatic imine (C=N–C) groups is 1. The first-order chi connectivity index (χ1) is 14.5. The Morgan fingerprint density at radius 2 is 1.97 bits per heavy atom. The van der Waals surface area contributed by atoms with Gasteiger partial charge in [-0.15, -0.1) is 0 Å². The molecule has 2 aromatic rings. The first kappa shape index (κ1) is 22.2. The van der Waals surface area contributed by atoms with Crippen molar-refractivity contribution >= 4 is 50.5 Å². The molecular weight excluding hydrogens is 464 g/mol. The molecule has 1 heterocycles. The largest absolute Gasteiger partial charge is 0.490 e. The molecule has 1 saturated heterocycles. The Morgan fingerprint density at radius 3 is 2.63 bits per heavy atom. The highest BCUT2D eigenvalue weighted by Crippen LogP contribution is 2.38. The first-order valence-electron chi connectivity index (χ1n) is 9.62. The summed E-state index contributed by atoms with van der Waals surface area (Å²) in [6.45, 7) is 8.56. The van der Waals surface area contributed by atoms with Crippen molar-refractivity contribution in [1.29, 1.82) is 0 Å². The summed E-state index contributed by atoms with van der Waals surface area (Å²) in [6.07, 6.45) is 4.47. The molecule has 2 aromatic carbocycles. The quantitative estimate of drug-likeness (QED) is 0.374. The zero-order valence-electron chi connectivity index (χ0n) is 16.9. The van der Waals surface area contributed by atoms with Crippen molar-refractivity contribution in [2.45, 2.75) is 20.3 Å². The Morgan fingerprint density at radius 1 is 1.20 bits per heavy atom. The molecule has 0 bridgehead atoms. The Labute approximate surface area is 189 Å². The summed E-state index contributed by atoms with van der Waals surface area (Å²) in [5.74, 6) is 1.04. The van der Waals surface area contributed by atoms with Crippen LogP contribution in [0.2, 0.25) is 0 Å². The van der Waals surface area contributed by atoms with Crippen LogP contribution in [-0.4, -0.2) is 24.3 Å². The van der Waals surface area contributed by atoms with Gasteiger partial charge < -0.3 is 14.8 Å². The van der Waals surface area contributed by atoms with Crippen LogP contribution in [-0.2, 0) is 11.2 Å². The number of carbonyl (C=O) groups is 1. The number of aryl methyl sites for hydroxylation is 1. The van der Waals surface area contributed by atoms with Crippen molar-refractivity contribution in [1.82, 2.24) is 5.32 Å². The molecule has 0 aromatic heterocycles. The van der Waals surface area contributed by atoms with E-state index in [0.29, 0.717) is 34.8 Å². The highest BCUT2D eigenvalue weighted by Gasteiger charge is 2.24. The predicted octanol–water partition coefficient (Wildman–Crippen LogP) is 5.87. The summed E-state index contributed by atoms with van der Waals surface area (Å²) in [5.41, 5.74) is 2.88. The van der Waals surface area contributed by atoms with Gasteiger partial charge in [-0.25, -0.2) is 4.99 Å². The topological polar surface area (TPSA) is 59.9 Å². The molecule has 0 atom stereocenters. The molecule has 0 unspecified atom stereocenters. The van der Waals surface area contributed by atoms with E-state index in [1.54, 1.807) is 6.08 Å².